The first kappa shape index (κ1) is 16.9. The quantitative estimate of drug-likeness (QED) is 0.726. The van der Waals surface area contributed by atoms with Gasteiger partial charge in [-0.15, -0.1) is 0 Å². The van der Waals surface area contributed by atoms with E-state index in [4.69, 9.17) is 5.73 Å². The third kappa shape index (κ3) is 4.43. The molecule has 0 unspecified atom stereocenters. The van der Waals surface area contributed by atoms with E-state index in [1.165, 1.54) is 19.3 Å². The lowest BCUT2D eigenvalue weighted by molar-refractivity contribution is 0.0504. The Morgan fingerprint density at radius 2 is 1.79 bits per heavy atom. The molecule has 2 N–H and O–H groups in total. The van der Waals surface area contributed by atoms with Crippen molar-refractivity contribution in [3.63, 3.8) is 0 Å². The summed E-state index contributed by atoms with van der Waals surface area (Å²) in [6.07, 6.45) is 4.98. The first-order chi connectivity index (χ1) is 8.87. The minimum absolute atomic E-state index is 0.104. The third-order valence-corrected chi connectivity index (χ3v) is 6.02. The van der Waals surface area contributed by atoms with E-state index < -0.39 is 9.84 Å². The average molecular weight is 290 g/mol. The second kappa shape index (κ2) is 7.04. The molecule has 0 aromatic carbocycles. The third-order valence-electron chi connectivity index (χ3n) is 4.37. The van der Waals surface area contributed by atoms with Gasteiger partial charge in [0.1, 0.15) is 9.84 Å². The first-order valence-electron chi connectivity index (χ1n) is 7.54. The Bertz CT molecular complexity index is 352. The van der Waals surface area contributed by atoms with Crippen molar-refractivity contribution in [2.45, 2.75) is 64.5 Å². The minimum atomic E-state index is -2.83. The van der Waals surface area contributed by atoms with Crippen LogP contribution in [0.15, 0.2) is 0 Å². The predicted molar refractivity (Wildman–Crippen MR) is 81.0 cm³/mol. The van der Waals surface area contributed by atoms with E-state index in [0.717, 1.165) is 6.54 Å². The Morgan fingerprint density at radius 1 is 1.21 bits per heavy atom. The Labute approximate surface area is 118 Å². The van der Waals surface area contributed by atoms with Crippen molar-refractivity contribution >= 4 is 9.84 Å². The molecular formula is C14H30N2O2S. The summed E-state index contributed by atoms with van der Waals surface area (Å²) < 4.78 is 23.3. The minimum Gasteiger partial charge on any atom is -0.329 e. The van der Waals surface area contributed by atoms with Crippen LogP contribution in [0.5, 0.6) is 0 Å². The van der Waals surface area contributed by atoms with E-state index in [2.05, 4.69) is 25.7 Å². The van der Waals surface area contributed by atoms with E-state index >= 15 is 0 Å². The average Bonchev–Trinajstić information content (AvgIpc) is 2.36. The van der Waals surface area contributed by atoms with Gasteiger partial charge in [-0.3, -0.25) is 4.90 Å². The predicted octanol–water partition coefficient (Wildman–Crippen LogP) is 1.79. The summed E-state index contributed by atoms with van der Waals surface area (Å²) >= 11 is 0. The van der Waals surface area contributed by atoms with Gasteiger partial charge in [0, 0.05) is 18.1 Å². The van der Waals surface area contributed by atoms with Gasteiger partial charge in [-0.25, -0.2) is 8.42 Å². The van der Waals surface area contributed by atoms with Gasteiger partial charge in [0.2, 0.25) is 0 Å². The molecule has 4 nitrogen and oxygen atoms in total. The highest BCUT2D eigenvalue weighted by molar-refractivity contribution is 7.91. The van der Waals surface area contributed by atoms with Crippen molar-refractivity contribution < 1.29 is 8.42 Å². The number of rotatable bonds is 7. The van der Waals surface area contributed by atoms with Gasteiger partial charge >= 0.3 is 0 Å². The van der Waals surface area contributed by atoms with Crippen molar-refractivity contribution in [1.82, 2.24) is 4.90 Å². The smallest absolute Gasteiger partial charge is 0.150 e. The molecule has 19 heavy (non-hydrogen) atoms. The first-order valence-corrected chi connectivity index (χ1v) is 9.36. The summed E-state index contributed by atoms with van der Waals surface area (Å²) in [7, 11) is -2.83. The number of nitrogens with two attached hydrogens (primary N) is 1. The SMILES string of the molecule is CCCCCN(C(C)C)C1(CN)CCS(=O)(=O)CC1. The van der Waals surface area contributed by atoms with Crippen LogP contribution in [-0.4, -0.2) is 49.5 Å². The molecule has 1 aliphatic rings. The van der Waals surface area contributed by atoms with E-state index in [0.29, 0.717) is 36.9 Å². The molecule has 0 aromatic heterocycles. The molecule has 0 bridgehead atoms. The van der Waals surface area contributed by atoms with E-state index in [-0.39, 0.29) is 5.54 Å². The lowest BCUT2D eigenvalue weighted by Gasteiger charge is -2.48. The molecule has 5 heteroatoms. The molecule has 0 spiro atoms. The van der Waals surface area contributed by atoms with Gasteiger partial charge in [-0.2, -0.15) is 0 Å². The second-order valence-corrected chi connectivity index (χ2v) is 8.38. The summed E-state index contributed by atoms with van der Waals surface area (Å²) in [5.41, 5.74) is 5.93. The Hall–Kier alpha value is -0.130. The molecule has 0 radical (unpaired) electrons. The van der Waals surface area contributed by atoms with Gasteiger partial charge < -0.3 is 5.73 Å². The summed E-state index contributed by atoms with van der Waals surface area (Å²) in [5.74, 6) is 0.586. The molecule has 0 aliphatic carbocycles. The van der Waals surface area contributed by atoms with Crippen molar-refractivity contribution in [2.75, 3.05) is 24.6 Å². The lowest BCUT2D eigenvalue weighted by Crippen LogP contribution is -2.60. The van der Waals surface area contributed by atoms with E-state index in [1.807, 2.05) is 0 Å². The van der Waals surface area contributed by atoms with Crippen molar-refractivity contribution in [1.29, 1.82) is 0 Å². The molecule has 0 saturated carbocycles. The maximum absolute atomic E-state index is 11.6. The second-order valence-electron chi connectivity index (χ2n) is 6.07. The Balaban J connectivity index is 2.78. The fourth-order valence-corrected chi connectivity index (χ4v) is 4.69. The van der Waals surface area contributed by atoms with Gasteiger partial charge in [0.05, 0.1) is 11.5 Å². The van der Waals surface area contributed by atoms with Crippen LogP contribution in [0.25, 0.3) is 0 Å². The highest BCUT2D eigenvalue weighted by Gasteiger charge is 2.41. The standard InChI is InChI=1S/C14H30N2O2S/c1-4-5-6-9-16(13(2)3)14(12-15)7-10-19(17,18)11-8-14/h13H,4-12,15H2,1-3H3. The number of sulfone groups is 1. The van der Waals surface area contributed by atoms with Crippen LogP contribution in [-0.2, 0) is 9.84 Å². The Kier molecular flexibility index (Phi) is 6.27. The summed E-state index contributed by atoms with van der Waals surface area (Å²) in [6, 6.07) is 0.418. The normalized spacial score (nSPS) is 22.0. The molecule has 114 valence electrons. The molecule has 0 aromatic rings. The van der Waals surface area contributed by atoms with E-state index in [1.54, 1.807) is 0 Å². The van der Waals surface area contributed by atoms with Crippen molar-refractivity contribution in [3.8, 4) is 0 Å². The fraction of sp³-hybridized carbons (Fsp3) is 1.00. The largest absolute Gasteiger partial charge is 0.329 e. The number of unbranched alkanes of at least 4 members (excludes halogenated alkanes) is 2. The highest BCUT2D eigenvalue weighted by Crippen LogP contribution is 2.31. The molecule has 1 aliphatic heterocycles. The summed E-state index contributed by atoms with van der Waals surface area (Å²) in [6.45, 7) is 8.17. The maximum Gasteiger partial charge on any atom is 0.150 e. The molecule has 0 amide bonds. The number of hydrogen-bond donors (Lipinski definition) is 1. The zero-order valence-electron chi connectivity index (χ0n) is 12.7. The molecule has 1 rings (SSSR count). The van der Waals surface area contributed by atoms with Crippen molar-refractivity contribution in [3.05, 3.63) is 0 Å². The zero-order chi connectivity index (χ0) is 14.5. The number of nitrogens with zero attached hydrogens (tertiary/aromatic N) is 1. The fourth-order valence-electron chi connectivity index (χ4n) is 3.10. The topological polar surface area (TPSA) is 63.4 Å². The van der Waals surface area contributed by atoms with Crippen LogP contribution in [0.1, 0.15) is 52.9 Å². The maximum atomic E-state index is 11.6. The molecular weight excluding hydrogens is 260 g/mol. The number of hydrogen-bond acceptors (Lipinski definition) is 4. The van der Waals surface area contributed by atoms with Gasteiger partial charge in [-0.1, -0.05) is 19.8 Å². The van der Waals surface area contributed by atoms with Gasteiger partial charge in [-0.05, 0) is 39.7 Å². The van der Waals surface area contributed by atoms with E-state index in [9.17, 15) is 8.42 Å². The molecule has 1 saturated heterocycles. The van der Waals surface area contributed by atoms with Crippen LogP contribution in [0.4, 0.5) is 0 Å². The monoisotopic (exact) mass is 290 g/mol. The van der Waals surface area contributed by atoms with Crippen LogP contribution in [0.3, 0.4) is 0 Å². The van der Waals surface area contributed by atoms with Crippen LogP contribution < -0.4 is 5.73 Å². The van der Waals surface area contributed by atoms with Gasteiger partial charge in [0.25, 0.3) is 0 Å². The van der Waals surface area contributed by atoms with Gasteiger partial charge in [0.15, 0.2) is 0 Å². The molecule has 0 atom stereocenters. The van der Waals surface area contributed by atoms with Crippen LogP contribution in [0.2, 0.25) is 0 Å². The van der Waals surface area contributed by atoms with Crippen molar-refractivity contribution in [2.24, 2.45) is 5.73 Å². The molecule has 1 fully saturated rings. The Morgan fingerprint density at radius 3 is 2.21 bits per heavy atom. The zero-order valence-corrected chi connectivity index (χ0v) is 13.5. The summed E-state index contributed by atoms with van der Waals surface area (Å²) in [5, 5.41) is 0. The highest BCUT2D eigenvalue weighted by atomic mass is 32.2. The molecule has 1 heterocycles. The van der Waals surface area contributed by atoms with Crippen LogP contribution >= 0.6 is 0 Å². The lowest BCUT2D eigenvalue weighted by atomic mass is 9.88. The van der Waals surface area contributed by atoms with Crippen LogP contribution in [0, 0.1) is 0 Å². The summed E-state index contributed by atoms with van der Waals surface area (Å²) in [4.78, 5) is 2.46.